The maximum absolute atomic E-state index is 13.9. The van der Waals surface area contributed by atoms with Crippen molar-refractivity contribution >= 4 is 23.2 Å². The van der Waals surface area contributed by atoms with Crippen LogP contribution in [-0.2, 0) is 4.79 Å². The minimum Gasteiger partial charge on any atom is -0.324 e. The molecule has 7 heteroatoms. The van der Waals surface area contributed by atoms with E-state index >= 15 is 0 Å². The lowest BCUT2D eigenvalue weighted by molar-refractivity contribution is -0.115. The second-order valence-electron chi connectivity index (χ2n) is 6.68. The molecule has 3 N–H and O–H groups in total. The molecule has 0 aliphatic rings. The number of amides is 2. The van der Waals surface area contributed by atoms with Crippen LogP contribution in [0.5, 0.6) is 0 Å². The minimum atomic E-state index is -0.682. The standard InChI is InChI=1S/C23H21F2N3O2/c1-15(18-12-11-16(24)13-20(18)25)26-14-22(29)28-21-10-6-5-9-19(21)23(30)27-17-7-3-2-4-8-17/h2-13,15,26H,14H2,1H3,(H,27,30)(H,28,29)/t15-/m1/s1. The summed E-state index contributed by atoms with van der Waals surface area (Å²) in [5, 5.41) is 8.36. The zero-order valence-corrected chi connectivity index (χ0v) is 16.3. The van der Waals surface area contributed by atoms with Crippen LogP contribution in [0.4, 0.5) is 20.2 Å². The van der Waals surface area contributed by atoms with Crippen LogP contribution in [0.3, 0.4) is 0 Å². The van der Waals surface area contributed by atoms with E-state index in [1.807, 2.05) is 6.07 Å². The van der Waals surface area contributed by atoms with Gasteiger partial charge < -0.3 is 16.0 Å². The summed E-state index contributed by atoms with van der Waals surface area (Å²) in [7, 11) is 0. The number of benzene rings is 3. The monoisotopic (exact) mass is 409 g/mol. The van der Waals surface area contributed by atoms with Crippen molar-refractivity contribution in [3.8, 4) is 0 Å². The third-order valence-corrected chi connectivity index (χ3v) is 4.48. The van der Waals surface area contributed by atoms with E-state index in [0.717, 1.165) is 12.1 Å². The van der Waals surface area contributed by atoms with E-state index in [-0.39, 0.29) is 18.0 Å². The van der Waals surface area contributed by atoms with E-state index in [1.54, 1.807) is 55.5 Å². The number of carbonyl (C=O) groups is 2. The van der Waals surface area contributed by atoms with Gasteiger partial charge in [0.2, 0.25) is 5.91 Å². The number of halogens is 2. The molecule has 0 spiro atoms. The highest BCUT2D eigenvalue weighted by Gasteiger charge is 2.15. The van der Waals surface area contributed by atoms with Crippen molar-refractivity contribution in [3.63, 3.8) is 0 Å². The smallest absolute Gasteiger partial charge is 0.257 e. The van der Waals surface area contributed by atoms with Gasteiger partial charge in [0, 0.05) is 23.4 Å². The van der Waals surface area contributed by atoms with Crippen molar-refractivity contribution in [2.75, 3.05) is 17.2 Å². The molecular formula is C23H21F2N3O2. The normalized spacial score (nSPS) is 11.6. The molecule has 1 atom stereocenters. The lowest BCUT2D eigenvalue weighted by atomic mass is 10.1. The van der Waals surface area contributed by atoms with Crippen LogP contribution in [0.1, 0.15) is 28.9 Å². The summed E-state index contributed by atoms with van der Waals surface area (Å²) >= 11 is 0. The third-order valence-electron chi connectivity index (χ3n) is 4.48. The summed E-state index contributed by atoms with van der Waals surface area (Å²) in [4.78, 5) is 24.9. The molecule has 30 heavy (non-hydrogen) atoms. The first-order valence-corrected chi connectivity index (χ1v) is 9.37. The molecule has 0 unspecified atom stereocenters. The fourth-order valence-electron chi connectivity index (χ4n) is 2.91. The molecule has 3 aromatic rings. The molecule has 0 saturated heterocycles. The molecule has 0 heterocycles. The Hall–Kier alpha value is -3.58. The Balaban J connectivity index is 1.62. The van der Waals surface area contributed by atoms with Gasteiger partial charge in [0.1, 0.15) is 11.6 Å². The minimum absolute atomic E-state index is 0.118. The zero-order chi connectivity index (χ0) is 21.5. The zero-order valence-electron chi connectivity index (χ0n) is 16.3. The second kappa shape index (κ2) is 9.76. The summed E-state index contributed by atoms with van der Waals surface area (Å²) in [6.45, 7) is 1.55. The number of anilines is 2. The molecule has 5 nitrogen and oxygen atoms in total. The SMILES string of the molecule is C[C@@H](NCC(=O)Nc1ccccc1C(=O)Nc1ccccc1)c1ccc(F)cc1F. The Morgan fingerprint density at radius 3 is 2.33 bits per heavy atom. The van der Waals surface area contributed by atoms with Gasteiger partial charge in [-0.1, -0.05) is 36.4 Å². The molecule has 154 valence electrons. The Morgan fingerprint density at radius 2 is 1.60 bits per heavy atom. The lowest BCUT2D eigenvalue weighted by Gasteiger charge is -2.16. The molecule has 0 aliphatic carbocycles. The Kier molecular flexibility index (Phi) is 6.87. The molecule has 0 saturated carbocycles. The topological polar surface area (TPSA) is 70.2 Å². The van der Waals surface area contributed by atoms with Gasteiger partial charge in [-0.25, -0.2) is 8.78 Å². The molecule has 0 aromatic heterocycles. The molecule has 0 radical (unpaired) electrons. The van der Waals surface area contributed by atoms with Gasteiger partial charge in [0.15, 0.2) is 0 Å². The fourth-order valence-corrected chi connectivity index (χ4v) is 2.91. The molecule has 0 fully saturated rings. The summed E-state index contributed by atoms with van der Waals surface area (Å²) < 4.78 is 26.9. The molecular weight excluding hydrogens is 388 g/mol. The fraction of sp³-hybridized carbons (Fsp3) is 0.130. The summed E-state index contributed by atoms with van der Waals surface area (Å²) in [6, 6.07) is 18.4. The quantitative estimate of drug-likeness (QED) is 0.538. The van der Waals surface area contributed by atoms with Crippen molar-refractivity contribution in [1.29, 1.82) is 0 Å². The molecule has 2 amide bonds. The van der Waals surface area contributed by atoms with Crippen molar-refractivity contribution < 1.29 is 18.4 Å². The molecule has 3 aromatic carbocycles. The van der Waals surface area contributed by atoms with Crippen LogP contribution in [0, 0.1) is 11.6 Å². The van der Waals surface area contributed by atoms with Crippen molar-refractivity contribution in [2.24, 2.45) is 0 Å². The Labute approximate surface area is 173 Å². The average molecular weight is 409 g/mol. The number of hydrogen-bond acceptors (Lipinski definition) is 3. The predicted octanol–water partition coefficient (Wildman–Crippen LogP) is 4.51. The maximum atomic E-state index is 13.9. The summed E-state index contributed by atoms with van der Waals surface area (Å²) in [5.74, 6) is -2.10. The van der Waals surface area contributed by atoms with E-state index in [9.17, 15) is 18.4 Å². The predicted molar refractivity (Wildman–Crippen MR) is 112 cm³/mol. The average Bonchev–Trinajstić information content (AvgIpc) is 2.73. The Bertz CT molecular complexity index is 1040. The Morgan fingerprint density at radius 1 is 0.900 bits per heavy atom. The van der Waals surface area contributed by atoms with Gasteiger partial charge in [-0.05, 0) is 37.3 Å². The summed E-state index contributed by atoms with van der Waals surface area (Å²) in [6.07, 6.45) is 0. The number of nitrogens with one attached hydrogen (secondary N) is 3. The third kappa shape index (κ3) is 5.48. The van der Waals surface area contributed by atoms with Gasteiger partial charge in [0.25, 0.3) is 5.91 Å². The van der Waals surface area contributed by atoms with Crippen LogP contribution >= 0.6 is 0 Å². The van der Waals surface area contributed by atoms with E-state index in [0.29, 0.717) is 16.9 Å². The van der Waals surface area contributed by atoms with Crippen LogP contribution in [0.2, 0.25) is 0 Å². The number of hydrogen-bond donors (Lipinski definition) is 3. The molecule has 0 aliphatic heterocycles. The van der Waals surface area contributed by atoms with Gasteiger partial charge in [0.05, 0.1) is 17.8 Å². The highest BCUT2D eigenvalue weighted by molar-refractivity contribution is 6.10. The highest BCUT2D eigenvalue weighted by atomic mass is 19.1. The first-order valence-electron chi connectivity index (χ1n) is 9.37. The lowest BCUT2D eigenvalue weighted by Crippen LogP contribution is -2.31. The largest absolute Gasteiger partial charge is 0.324 e. The first-order chi connectivity index (χ1) is 14.4. The van der Waals surface area contributed by atoms with E-state index < -0.39 is 23.6 Å². The second-order valence-corrected chi connectivity index (χ2v) is 6.68. The highest BCUT2D eigenvalue weighted by Crippen LogP contribution is 2.19. The van der Waals surface area contributed by atoms with E-state index in [2.05, 4.69) is 16.0 Å². The van der Waals surface area contributed by atoms with Crippen molar-refractivity contribution in [1.82, 2.24) is 5.32 Å². The number of para-hydroxylation sites is 2. The van der Waals surface area contributed by atoms with Crippen LogP contribution in [-0.4, -0.2) is 18.4 Å². The number of carbonyl (C=O) groups excluding carboxylic acids is 2. The van der Waals surface area contributed by atoms with Crippen LogP contribution in [0.25, 0.3) is 0 Å². The first kappa shape index (κ1) is 21.1. The number of rotatable bonds is 7. The van der Waals surface area contributed by atoms with Gasteiger partial charge in [-0.15, -0.1) is 0 Å². The van der Waals surface area contributed by atoms with E-state index in [1.165, 1.54) is 6.07 Å². The summed E-state index contributed by atoms with van der Waals surface area (Å²) in [5.41, 5.74) is 1.57. The molecule has 0 bridgehead atoms. The van der Waals surface area contributed by atoms with E-state index in [4.69, 9.17) is 0 Å². The van der Waals surface area contributed by atoms with Crippen molar-refractivity contribution in [3.05, 3.63) is 95.6 Å². The van der Waals surface area contributed by atoms with Gasteiger partial charge >= 0.3 is 0 Å². The van der Waals surface area contributed by atoms with Crippen molar-refractivity contribution in [2.45, 2.75) is 13.0 Å². The molecule has 3 rings (SSSR count). The van der Waals surface area contributed by atoms with Crippen LogP contribution < -0.4 is 16.0 Å². The maximum Gasteiger partial charge on any atom is 0.257 e. The van der Waals surface area contributed by atoms with Gasteiger partial charge in [-0.3, -0.25) is 9.59 Å². The van der Waals surface area contributed by atoms with Gasteiger partial charge in [-0.2, -0.15) is 0 Å². The van der Waals surface area contributed by atoms with Crippen LogP contribution in [0.15, 0.2) is 72.8 Å².